The summed E-state index contributed by atoms with van der Waals surface area (Å²) in [5.41, 5.74) is 0.970. The summed E-state index contributed by atoms with van der Waals surface area (Å²) in [7, 11) is 0. The van der Waals surface area contributed by atoms with Gasteiger partial charge in [-0.05, 0) is 25.7 Å². The SMILES string of the molecule is OC(c1cncn1C1CC1)C1CCCOC1. The molecule has 2 aliphatic rings. The van der Waals surface area contributed by atoms with Crippen LogP contribution in [-0.2, 0) is 4.74 Å². The highest BCUT2D eigenvalue weighted by Gasteiger charge is 2.31. The second-order valence-corrected chi connectivity index (χ2v) is 4.88. The van der Waals surface area contributed by atoms with Gasteiger partial charge in [0.05, 0.1) is 24.8 Å². The molecule has 0 amide bonds. The lowest BCUT2D eigenvalue weighted by molar-refractivity contribution is -0.0128. The van der Waals surface area contributed by atoms with E-state index < -0.39 is 6.10 Å². The fraction of sp³-hybridized carbons (Fsp3) is 0.750. The highest BCUT2D eigenvalue weighted by atomic mass is 16.5. The summed E-state index contributed by atoms with van der Waals surface area (Å²) in [4.78, 5) is 4.16. The summed E-state index contributed by atoms with van der Waals surface area (Å²) in [5.74, 6) is 0.239. The van der Waals surface area contributed by atoms with E-state index in [0.29, 0.717) is 12.6 Å². The van der Waals surface area contributed by atoms with Crippen molar-refractivity contribution in [2.45, 2.75) is 37.8 Å². The number of aromatic nitrogens is 2. The number of aliphatic hydroxyl groups is 1. The molecular formula is C12H18N2O2. The molecule has 1 aromatic heterocycles. The Labute approximate surface area is 95.3 Å². The molecule has 0 spiro atoms. The van der Waals surface area contributed by atoms with Gasteiger partial charge in [-0.15, -0.1) is 0 Å². The molecule has 0 radical (unpaired) electrons. The molecule has 4 heteroatoms. The van der Waals surface area contributed by atoms with Crippen LogP contribution in [-0.4, -0.2) is 27.9 Å². The van der Waals surface area contributed by atoms with Crippen LogP contribution in [0.1, 0.15) is 43.5 Å². The molecule has 1 aliphatic heterocycles. The van der Waals surface area contributed by atoms with E-state index in [-0.39, 0.29) is 5.92 Å². The third kappa shape index (κ3) is 1.87. The van der Waals surface area contributed by atoms with Crippen LogP contribution < -0.4 is 0 Å². The lowest BCUT2D eigenvalue weighted by Crippen LogP contribution is -2.25. The van der Waals surface area contributed by atoms with Gasteiger partial charge in [0.25, 0.3) is 0 Å². The smallest absolute Gasteiger partial charge is 0.101 e. The summed E-state index contributed by atoms with van der Waals surface area (Å²) < 4.78 is 7.57. The molecule has 16 heavy (non-hydrogen) atoms. The average molecular weight is 222 g/mol. The van der Waals surface area contributed by atoms with Gasteiger partial charge in [-0.2, -0.15) is 0 Å². The van der Waals surface area contributed by atoms with Crippen molar-refractivity contribution in [2.75, 3.05) is 13.2 Å². The lowest BCUT2D eigenvalue weighted by Gasteiger charge is -2.27. The Kier molecular flexibility index (Phi) is 2.69. The van der Waals surface area contributed by atoms with E-state index in [0.717, 1.165) is 25.1 Å². The van der Waals surface area contributed by atoms with Crippen molar-refractivity contribution in [1.29, 1.82) is 0 Å². The molecular weight excluding hydrogens is 204 g/mol. The van der Waals surface area contributed by atoms with Crippen molar-refractivity contribution < 1.29 is 9.84 Å². The molecule has 1 saturated carbocycles. The Morgan fingerprint density at radius 3 is 3.00 bits per heavy atom. The fourth-order valence-electron chi connectivity index (χ4n) is 2.46. The van der Waals surface area contributed by atoms with E-state index in [9.17, 15) is 5.11 Å². The van der Waals surface area contributed by atoms with Crippen LogP contribution in [0.25, 0.3) is 0 Å². The van der Waals surface area contributed by atoms with E-state index in [1.807, 2.05) is 6.33 Å². The maximum atomic E-state index is 10.4. The van der Waals surface area contributed by atoms with Crippen LogP contribution in [0.15, 0.2) is 12.5 Å². The molecule has 1 aromatic rings. The summed E-state index contributed by atoms with van der Waals surface area (Å²) in [6.07, 6.45) is 7.78. The van der Waals surface area contributed by atoms with Gasteiger partial charge in [0.15, 0.2) is 0 Å². The molecule has 88 valence electrons. The Balaban J connectivity index is 1.76. The molecule has 2 atom stereocenters. The van der Waals surface area contributed by atoms with Gasteiger partial charge in [-0.3, -0.25) is 0 Å². The van der Waals surface area contributed by atoms with Crippen LogP contribution >= 0.6 is 0 Å². The molecule has 2 unspecified atom stereocenters. The number of nitrogens with zero attached hydrogens (tertiary/aromatic N) is 2. The normalized spacial score (nSPS) is 27.9. The summed E-state index contributed by atoms with van der Waals surface area (Å²) in [5, 5.41) is 10.4. The topological polar surface area (TPSA) is 47.3 Å². The Morgan fingerprint density at radius 1 is 1.44 bits per heavy atom. The maximum Gasteiger partial charge on any atom is 0.101 e. The molecule has 1 aliphatic carbocycles. The van der Waals surface area contributed by atoms with Gasteiger partial charge in [-0.1, -0.05) is 0 Å². The lowest BCUT2D eigenvalue weighted by atomic mass is 9.94. The Morgan fingerprint density at radius 2 is 2.31 bits per heavy atom. The zero-order valence-corrected chi connectivity index (χ0v) is 9.38. The molecule has 0 bridgehead atoms. The second kappa shape index (κ2) is 4.18. The van der Waals surface area contributed by atoms with Crippen LogP contribution in [0.4, 0.5) is 0 Å². The maximum absolute atomic E-state index is 10.4. The second-order valence-electron chi connectivity index (χ2n) is 4.88. The zero-order chi connectivity index (χ0) is 11.0. The van der Waals surface area contributed by atoms with Crippen molar-refractivity contribution in [2.24, 2.45) is 5.92 Å². The van der Waals surface area contributed by atoms with Crippen LogP contribution in [0.5, 0.6) is 0 Å². The summed E-state index contributed by atoms with van der Waals surface area (Å²) in [6, 6.07) is 0.580. The van der Waals surface area contributed by atoms with E-state index >= 15 is 0 Å². The van der Waals surface area contributed by atoms with E-state index in [4.69, 9.17) is 4.74 Å². The Hall–Kier alpha value is -0.870. The first-order valence-corrected chi connectivity index (χ1v) is 6.14. The zero-order valence-electron chi connectivity index (χ0n) is 9.38. The summed E-state index contributed by atoms with van der Waals surface area (Å²) >= 11 is 0. The van der Waals surface area contributed by atoms with Crippen molar-refractivity contribution in [3.05, 3.63) is 18.2 Å². The number of imidazole rings is 1. The van der Waals surface area contributed by atoms with Crippen molar-refractivity contribution in [1.82, 2.24) is 9.55 Å². The first kappa shape index (κ1) is 10.3. The standard InChI is InChI=1S/C12H18N2O2/c15-12(9-2-1-5-16-7-9)11-6-13-8-14(11)10-3-4-10/h6,8-10,12,15H,1-5,7H2. The molecule has 1 saturated heterocycles. The third-order valence-electron chi connectivity index (χ3n) is 3.58. The predicted molar refractivity (Wildman–Crippen MR) is 59.0 cm³/mol. The largest absolute Gasteiger partial charge is 0.386 e. The fourth-order valence-corrected chi connectivity index (χ4v) is 2.46. The molecule has 4 nitrogen and oxygen atoms in total. The predicted octanol–water partition coefficient (Wildman–Crippen LogP) is 1.68. The van der Waals surface area contributed by atoms with Gasteiger partial charge in [0.2, 0.25) is 0 Å². The first-order chi connectivity index (χ1) is 7.86. The number of ether oxygens (including phenoxy) is 1. The van der Waals surface area contributed by atoms with Crippen LogP contribution in [0.3, 0.4) is 0 Å². The minimum atomic E-state index is -0.414. The minimum Gasteiger partial charge on any atom is -0.386 e. The Bertz CT molecular complexity index is 354. The monoisotopic (exact) mass is 222 g/mol. The highest BCUT2D eigenvalue weighted by Crippen LogP contribution is 2.38. The van der Waals surface area contributed by atoms with Gasteiger partial charge in [-0.25, -0.2) is 4.98 Å². The van der Waals surface area contributed by atoms with Gasteiger partial charge in [0.1, 0.15) is 6.10 Å². The van der Waals surface area contributed by atoms with Gasteiger partial charge < -0.3 is 14.4 Å². The number of hydrogen-bond donors (Lipinski definition) is 1. The molecule has 3 rings (SSSR count). The third-order valence-corrected chi connectivity index (χ3v) is 3.58. The first-order valence-electron chi connectivity index (χ1n) is 6.14. The van der Waals surface area contributed by atoms with Gasteiger partial charge >= 0.3 is 0 Å². The van der Waals surface area contributed by atoms with E-state index in [1.54, 1.807) is 6.20 Å². The minimum absolute atomic E-state index is 0.239. The van der Waals surface area contributed by atoms with Crippen LogP contribution in [0, 0.1) is 5.92 Å². The molecule has 0 aromatic carbocycles. The molecule has 1 N–H and O–H groups in total. The van der Waals surface area contributed by atoms with E-state index in [2.05, 4.69) is 9.55 Å². The number of hydrogen-bond acceptors (Lipinski definition) is 3. The molecule has 2 heterocycles. The van der Waals surface area contributed by atoms with E-state index in [1.165, 1.54) is 12.8 Å². The average Bonchev–Trinajstić information content (AvgIpc) is 3.07. The van der Waals surface area contributed by atoms with Crippen molar-refractivity contribution >= 4 is 0 Å². The molecule has 2 fully saturated rings. The highest BCUT2D eigenvalue weighted by molar-refractivity contribution is 5.08. The van der Waals surface area contributed by atoms with Gasteiger partial charge in [0, 0.05) is 18.6 Å². The quantitative estimate of drug-likeness (QED) is 0.846. The number of aliphatic hydroxyl groups excluding tert-OH is 1. The summed E-state index contributed by atoms with van der Waals surface area (Å²) in [6.45, 7) is 1.52. The van der Waals surface area contributed by atoms with Crippen molar-refractivity contribution in [3.63, 3.8) is 0 Å². The number of rotatable bonds is 3. The van der Waals surface area contributed by atoms with Crippen LogP contribution in [0.2, 0.25) is 0 Å². The van der Waals surface area contributed by atoms with Crippen molar-refractivity contribution in [3.8, 4) is 0 Å².